The largest absolute Gasteiger partial charge is 0.383 e. The number of rotatable bonds is 9. The lowest BCUT2D eigenvalue weighted by molar-refractivity contribution is 0.207. The molecular formula is C15H27N5O3S. The van der Waals surface area contributed by atoms with Gasteiger partial charge in [-0.05, 0) is 25.1 Å². The fraction of sp³-hybridized carbons (Fsp3) is 0.667. The van der Waals surface area contributed by atoms with Crippen molar-refractivity contribution in [2.24, 2.45) is 0 Å². The third-order valence-corrected chi connectivity index (χ3v) is 3.87. The molecule has 1 aromatic rings. The van der Waals surface area contributed by atoms with Crippen LogP contribution < -0.4 is 27.2 Å². The Morgan fingerprint density at radius 2 is 2.08 bits per heavy atom. The van der Waals surface area contributed by atoms with E-state index in [1.54, 1.807) is 12.0 Å². The first kappa shape index (κ1) is 20.2. The molecular weight excluding hydrogens is 330 g/mol. The van der Waals surface area contributed by atoms with E-state index in [0.717, 1.165) is 12.8 Å². The van der Waals surface area contributed by atoms with Crippen LogP contribution in [-0.2, 0) is 11.3 Å². The van der Waals surface area contributed by atoms with Crippen LogP contribution in [0.15, 0.2) is 9.59 Å². The molecule has 0 aliphatic rings. The number of nitrogens with one attached hydrogen (secondary N) is 2. The van der Waals surface area contributed by atoms with Gasteiger partial charge in [0.1, 0.15) is 5.82 Å². The average molecular weight is 357 g/mol. The molecule has 0 saturated heterocycles. The van der Waals surface area contributed by atoms with Crippen LogP contribution in [0.4, 0.5) is 11.5 Å². The molecule has 0 aliphatic heterocycles. The molecule has 1 aromatic heterocycles. The Morgan fingerprint density at radius 3 is 2.67 bits per heavy atom. The van der Waals surface area contributed by atoms with Crippen molar-refractivity contribution in [1.29, 1.82) is 0 Å². The number of H-pyrrole nitrogens is 1. The number of methoxy groups -OCH3 is 1. The highest BCUT2D eigenvalue weighted by atomic mass is 32.1. The van der Waals surface area contributed by atoms with E-state index in [1.807, 2.05) is 6.92 Å². The monoisotopic (exact) mass is 357 g/mol. The maximum Gasteiger partial charge on any atom is 0.330 e. The van der Waals surface area contributed by atoms with Gasteiger partial charge in [0.05, 0.1) is 6.61 Å². The zero-order valence-corrected chi connectivity index (χ0v) is 15.4. The third-order valence-electron chi connectivity index (χ3n) is 3.50. The molecule has 24 heavy (non-hydrogen) atoms. The van der Waals surface area contributed by atoms with Crippen molar-refractivity contribution >= 4 is 28.8 Å². The second-order valence-electron chi connectivity index (χ2n) is 5.37. The second kappa shape index (κ2) is 10.1. The minimum Gasteiger partial charge on any atom is -0.383 e. The lowest BCUT2D eigenvalue weighted by Crippen LogP contribution is -2.46. The van der Waals surface area contributed by atoms with Crippen LogP contribution in [0, 0.1) is 0 Å². The predicted molar refractivity (Wildman–Crippen MR) is 101 cm³/mol. The number of hydrogen-bond acceptors (Lipinski definition) is 5. The summed E-state index contributed by atoms with van der Waals surface area (Å²) in [5.41, 5.74) is 5.22. The molecule has 4 N–H and O–H groups in total. The van der Waals surface area contributed by atoms with Crippen molar-refractivity contribution in [3.05, 3.63) is 20.8 Å². The first-order valence-corrected chi connectivity index (χ1v) is 8.55. The Labute approximate surface area is 147 Å². The Kier molecular flexibility index (Phi) is 8.48. The van der Waals surface area contributed by atoms with E-state index in [4.69, 9.17) is 22.7 Å². The second-order valence-corrected chi connectivity index (χ2v) is 5.76. The number of aromatic nitrogens is 2. The Hall–Kier alpha value is -1.87. The van der Waals surface area contributed by atoms with Gasteiger partial charge < -0.3 is 20.7 Å². The van der Waals surface area contributed by atoms with Gasteiger partial charge >= 0.3 is 5.69 Å². The number of aromatic amines is 1. The molecule has 0 fully saturated rings. The summed E-state index contributed by atoms with van der Waals surface area (Å²) in [5.74, 6) is 0.112. The summed E-state index contributed by atoms with van der Waals surface area (Å²) >= 11 is 5.41. The lowest BCUT2D eigenvalue weighted by Gasteiger charge is -2.26. The zero-order valence-electron chi connectivity index (χ0n) is 14.6. The molecule has 0 atom stereocenters. The summed E-state index contributed by atoms with van der Waals surface area (Å²) < 4.78 is 6.45. The average Bonchev–Trinajstić information content (AvgIpc) is 2.54. The van der Waals surface area contributed by atoms with Crippen LogP contribution in [0.2, 0.25) is 0 Å². The molecule has 0 aromatic carbocycles. The number of nitrogens with two attached hydrogens (primary N) is 1. The molecule has 0 amide bonds. The van der Waals surface area contributed by atoms with Crippen molar-refractivity contribution in [3.63, 3.8) is 0 Å². The van der Waals surface area contributed by atoms with E-state index in [-0.39, 0.29) is 11.5 Å². The van der Waals surface area contributed by atoms with E-state index in [9.17, 15) is 9.59 Å². The lowest BCUT2D eigenvalue weighted by atomic mass is 10.3. The van der Waals surface area contributed by atoms with E-state index < -0.39 is 11.2 Å². The highest BCUT2D eigenvalue weighted by Gasteiger charge is 2.21. The molecule has 0 radical (unpaired) electrons. The Morgan fingerprint density at radius 1 is 1.38 bits per heavy atom. The van der Waals surface area contributed by atoms with Crippen LogP contribution in [0.5, 0.6) is 0 Å². The molecule has 0 unspecified atom stereocenters. The van der Waals surface area contributed by atoms with Gasteiger partial charge in [-0.25, -0.2) is 4.79 Å². The first-order valence-electron chi connectivity index (χ1n) is 8.14. The fourth-order valence-electron chi connectivity index (χ4n) is 2.25. The number of nitrogen functional groups attached to an aromatic ring is 1. The molecule has 136 valence electrons. The van der Waals surface area contributed by atoms with Crippen molar-refractivity contribution in [2.75, 3.05) is 37.4 Å². The van der Waals surface area contributed by atoms with Crippen LogP contribution >= 0.6 is 12.2 Å². The number of unbranched alkanes of at least 4 members (excludes halogenated alkanes) is 1. The maximum absolute atomic E-state index is 12.3. The van der Waals surface area contributed by atoms with Crippen molar-refractivity contribution in [3.8, 4) is 0 Å². The van der Waals surface area contributed by atoms with Gasteiger partial charge in [0, 0.05) is 26.7 Å². The van der Waals surface area contributed by atoms with Crippen molar-refractivity contribution in [1.82, 2.24) is 14.9 Å². The summed E-state index contributed by atoms with van der Waals surface area (Å²) in [7, 11) is 1.57. The molecule has 0 aliphatic carbocycles. The van der Waals surface area contributed by atoms with Gasteiger partial charge in [-0.1, -0.05) is 20.3 Å². The molecule has 0 bridgehead atoms. The van der Waals surface area contributed by atoms with Crippen LogP contribution in [0.3, 0.4) is 0 Å². The van der Waals surface area contributed by atoms with Gasteiger partial charge in [-0.3, -0.25) is 14.3 Å². The van der Waals surface area contributed by atoms with Crippen LogP contribution in [0.25, 0.3) is 0 Å². The summed E-state index contributed by atoms with van der Waals surface area (Å²) in [6.07, 6.45) is 2.70. The molecule has 1 rings (SSSR count). The van der Waals surface area contributed by atoms with E-state index >= 15 is 0 Å². The van der Waals surface area contributed by atoms with Gasteiger partial charge in [0.25, 0.3) is 5.56 Å². The van der Waals surface area contributed by atoms with Crippen molar-refractivity contribution in [2.45, 2.75) is 39.7 Å². The first-order chi connectivity index (χ1) is 11.5. The van der Waals surface area contributed by atoms with Crippen LogP contribution in [0.1, 0.15) is 33.1 Å². The maximum atomic E-state index is 12.3. The third kappa shape index (κ3) is 5.07. The van der Waals surface area contributed by atoms with Crippen molar-refractivity contribution < 1.29 is 4.74 Å². The van der Waals surface area contributed by atoms with Gasteiger partial charge in [-0.2, -0.15) is 0 Å². The number of hydrogen-bond donors (Lipinski definition) is 3. The minimum absolute atomic E-state index is 0.112. The molecule has 1 heterocycles. The molecule has 0 spiro atoms. The quantitative estimate of drug-likeness (QED) is 0.440. The smallest absolute Gasteiger partial charge is 0.330 e. The standard InChI is InChI=1S/C15H27N5O3S/c1-4-6-7-17-15(24)19(9-10-23-3)11-12(16)20(8-5-2)14(22)18-13(11)21/h4-10,16H2,1-3H3,(H,17,24)(H,18,21,22). The number of thiocarbonyl (C=S) groups is 1. The summed E-state index contributed by atoms with van der Waals surface area (Å²) in [5, 5.41) is 3.51. The van der Waals surface area contributed by atoms with Gasteiger partial charge in [0.2, 0.25) is 0 Å². The normalized spacial score (nSPS) is 10.6. The summed E-state index contributed by atoms with van der Waals surface area (Å²) in [6.45, 7) is 5.84. The Bertz CT molecular complexity index is 655. The SMILES string of the molecule is CCCCNC(=S)N(CCOC)c1c(N)n(CCC)c(=O)[nH]c1=O. The van der Waals surface area contributed by atoms with E-state index in [1.165, 1.54) is 4.57 Å². The van der Waals surface area contributed by atoms with Gasteiger partial charge in [-0.15, -0.1) is 0 Å². The predicted octanol–water partition coefficient (Wildman–Crippen LogP) is 0.656. The van der Waals surface area contributed by atoms with E-state index in [0.29, 0.717) is 37.8 Å². The van der Waals surface area contributed by atoms with Gasteiger partial charge in [0.15, 0.2) is 10.8 Å². The van der Waals surface area contributed by atoms with E-state index in [2.05, 4.69) is 17.2 Å². The minimum atomic E-state index is -0.555. The summed E-state index contributed by atoms with van der Waals surface area (Å²) in [4.78, 5) is 28.2. The molecule has 0 saturated carbocycles. The summed E-state index contributed by atoms with van der Waals surface area (Å²) in [6, 6.07) is 0. The number of nitrogens with zero attached hydrogens (tertiary/aromatic N) is 2. The number of ether oxygens (including phenoxy) is 1. The fourth-order valence-corrected chi connectivity index (χ4v) is 2.53. The highest BCUT2D eigenvalue weighted by Crippen LogP contribution is 2.17. The highest BCUT2D eigenvalue weighted by molar-refractivity contribution is 7.80. The molecule has 8 nitrogen and oxygen atoms in total. The van der Waals surface area contributed by atoms with Crippen LogP contribution in [-0.4, -0.2) is 41.5 Å². The zero-order chi connectivity index (χ0) is 18.1. The molecule has 9 heteroatoms. The number of anilines is 2. The topological polar surface area (TPSA) is 105 Å². The Balaban J connectivity index is 3.26.